The number of carbonyl (C=O) groups excluding carboxylic acids is 4. The molecule has 1 fully saturated rings. The highest BCUT2D eigenvalue weighted by Gasteiger charge is 2.51. The molecule has 0 unspecified atom stereocenters. The van der Waals surface area contributed by atoms with Crippen molar-refractivity contribution in [3.63, 3.8) is 0 Å². The quantitative estimate of drug-likeness (QED) is 0.282. The van der Waals surface area contributed by atoms with Crippen molar-refractivity contribution in [1.82, 2.24) is 9.97 Å². The van der Waals surface area contributed by atoms with E-state index in [2.05, 4.69) is 9.97 Å². The van der Waals surface area contributed by atoms with Crippen LogP contribution in [0.25, 0.3) is 21.8 Å². The topological polar surface area (TPSA) is 99.9 Å². The molecule has 0 atom stereocenters. The number of fused-ring (bicyclic) bond motifs is 2. The van der Waals surface area contributed by atoms with Crippen molar-refractivity contribution in [3.05, 3.63) is 83.2 Å². The molecule has 33 heavy (non-hydrogen) atoms. The molecular formula is C27H22N2O4. The van der Waals surface area contributed by atoms with E-state index in [1.807, 2.05) is 44.2 Å². The van der Waals surface area contributed by atoms with Gasteiger partial charge >= 0.3 is 0 Å². The van der Waals surface area contributed by atoms with E-state index in [9.17, 15) is 19.2 Å². The lowest BCUT2D eigenvalue weighted by atomic mass is 9.72. The number of Topliss-reactive ketones (excluding diaryl/α,β-unsaturated/α-hetero) is 4. The third-order valence-corrected chi connectivity index (χ3v) is 6.30. The second-order valence-corrected chi connectivity index (χ2v) is 8.66. The molecule has 2 heterocycles. The van der Waals surface area contributed by atoms with Gasteiger partial charge in [0.1, 0.15) is 11.8 Å². The van der Waals surface area contributed by atoms with E-state index in [4.69, 9.17) is 0 Å². The highest BCUT2D eigenvalue weighted by atomic mass is 16.2. The SMILES string of the molecule is CC(C)=CCc1[nH]c2ccccc2c1C1C(=O)C(=O)C(c2c[nH]c3ccccc23)C(=O)C1=O. The number of carbonyl (C=O) groups is 4. The monoisotopic (exact) mass is 438 g/mol. The molecule has 0 amide bonds. The number of benzene rings is 2. The van der Waals surface area contributed by atoms with Gasteiger partial charge in [0.2, 0.25) is 23.1 Å². The van der Waals surface area contributed by atoms with Crippen molar-refractivity contribution in [3.8, 4) is 0 Å². The van der Waals surface area contributed by atoms with Gasteiger partial charge in [0, 0.05) is 40.1 Å². The van der Waals surface area contributed by atoms with E-state index in [-0.39, 0.29) is 0 Å². The van der Waals surface area contributed by atoms with Crippen molar-refractivity contribution >= 4 is 44.9 Å². The molecule has 2 aromatic carbocycles. The fraction of sp³-hybridized carbons (Fsp3) is 0.185. The molecule has 4 aromatic rings. The summed E-state index contributed by atoms with van der Waals surface area (Å²) in [5, 5.41) is 1.33. The van der Waals surface area contributed by atoms with Gasteiger partial charge in [0.05, 0.1) is 0 Å². The van der Waals surface area contributed by atoms with Gasteiger partial charge < -0.3 is 9.97 Å². The Labute approximate surface area is 189 Å². The van der Waals surface area contributed by atoms with Crippen molar-refractivity contribution < 1.29 is 19.2 Å². The first-order valence-corrected chi connectivity index (χ1v) is 10.8. The van der Waals surface area contributed by atoms with E-state index >= 15 is 0 Å². The van der Waals surface area contributed by atoms with Crippen LogP contribution in [0.5, 0.6) is 0 Å². The highest BCUT2D eigenvalue weighted by molar-refractivity contribution is 6.64. The van der Waals surface area contributed by atoms with Crippen LogP contribution < -0.4 is 0 Å². The fourth-order valence-corrected chi connectivity index (χ4v) is 4.70. The summed E-state index contributed by atoms with van der Waals surface area (Å²) in [7, 11) is 0. The lowest BCUT2D eigenvalue weighted by molar-refractivity contribution is -0.150. The average molecular weight is 438 g/mol. The van der Waals surface area contributed by atoms with Gasteiger partial charge in [-0.05, 0) is 37.1 Å². The highest BCUT2D eigenvalue weighted by Crippen LogP contribution is 2.39. The van der Waals surface area contributed by atoms with E-state index < -0.39 is 35.0 Å². The second-order valence-electron chi connectivity index (χ2n) is 8.66. The number of allylic oxidation sites excluding steroid dienone is 2. The normalized spacial score (nSPS) is 19.0. The summed E-state index contributed by atoms with van der Waals surface area (Å²) >= 11 is 0. The summed E-state index contributed by atoms with van der Waals surface area (Å²) < 4.78 is 0. The van der Waals surface area contributed by atoms with Crippen LogP contribution in [-0.2, 0) is 25.6 Å². The van der Waals surface area contributed by atoms with E-state index in [0.717, 1.165) is 16.6 Å². The van der Waals surface area contributed by atoms with Crippen LogP contribution in [0, 0.1) is 0 Å². The first-order valence-electron chi connectivity index (χ1n) is 10.8. The van der Waals surface area contributed by atoms with Crippen molar-refractivity contribution in [1.29, 1.82) is 0 Å². The Hall–Kier alpha value is -4.06. The smallest absolute Gasteiger partial charge is 0.214 e. The number of rotatable bonds is 4. The number of aromatic nitrogens is 2. The summed E-state index contributed by atoms with van der Waals surface area (Å²) in [6, 6.07) is 14.5. The number of H-pyrrole nitrogens is 2. The average Bonchev–Trinajstić information content (AvgIpc) is 3.39. The molecule has 1 aliphatic rings. The van der Waals surface area contributed by atoms with Gasteiger partial charge in [-0.1, -0.05) is 48.0 Å². The number of nitrogens with one attached hydrogen (secondary N) is 2. The van der Waals surface area contributed by atoms with Gasteiger partial charge in [-0.2, -0.15) is 0 Å². The summed E-state index contributed by atoms with van der Waals surface area (Å²) in [4.78, 5) is 59.6. The van der Waals surface area contributed by atoms with Gasteiger partial charge in [-0.3, -0.25) is 19.2 Å². The number of para-hydroxylation sites is 2. The predicted molar refractivity (Wildman–Crippen MR) is 125 cm³/mol. The maximum absolute atomic E-state index is 13.4. The molecule has 0 saturated heterocycles. The fourth-order valence-electron chi connectivity index (χ4n) is 4.70. The van der Waals surface area contributed by atoms with Gasteiger partial charge in [-0.15, -0.1) is 0 Å². The minimum absolute atomic E-state index is 0.365. The van der Waals surface area contributed by atoms with E-state index in [1.54, 1.807) is 24.3 Å². The van der Waals surface area contributed by atoms with Gasteiger partial charge in [0.15, 0.2) is 0 Å². The standard InChI is InChI=1S/C27H22N2O4/c1-14(2)11-12-20-21(16-8-4-6-10-19(16)29-20)23-26(32)24(30)22(25(31)27(23)33)17-13-28-18-9-5-3-7-15(17)18/h3-11,13,22-23,28-29H,12H2,1-2H3. The van der Waals surface area contributed by atoms with Crippen LogP contribution in [0.15, 0.2) is 66.4 Å². The molecule has 0 radical (unpaired) electrons. The van der Waals surface area contributed by atoms with Crippen LogP contribution in [0.2, 0.25) is 0 Å². The zero-order chi connectivity index (χ0) is 23.3. The maximum atomic E-state index is 13.4. The summed E-state index contributed by atoms with van der Waals surface area (Å²) in [5.74, 6) is -6.19. The molecule has 0 aliphatic heterocycles. The Morgan fingerprint density at radius 1 is 0.788 bits per heavy atom. The molecule has 0 spiro atoms. The van der Waals surface area contributed by atoms with Crippen LogP contribution in [-0.4, -0.2) is 33.1 Å². The van der Waals surface area contributed by atoms with Crippen molar-refractivity contribution in [2.45, 2.75) is 32.1 Å². The molecule has 1 saturated carbocycles. The third-order valence-electron chi connectivity index (χ3n) is 6.30. The largest absolute Gasteiger partial charge is 0.361 e. The molecule has 6 heteroatoms. The van der Waals surface area contributed by atoms with Crippen LogP contribution in [0.4, 0.5) is 0 Å². The molecule has 6 nitrogen and oxygen atoms in total. The van der Waals surface area contributed by atoms with Crippen LogP contribution >= 0.6 is 0 Å². The zero-order valence-corrected chi connectivity index (χ0v) is 18.3. The summed E-state index contributed by atoms with van der Waals surface area (Å²) in [6.07, 6.45) is 3.97. The molecule has 2 N–H and O–H groups in total. The first-order chi connectivity index (χ1) is 15.9. The van der Waals surface area contributed by atoms with Crippen LogP contribution in [0.1, 0.15) is 42.5 Å². The Morgan fingerprint density at radius 3 is 2.03 bits per heavy atom. The zero-order valence-electron chi connectivity index (χ0n) is 18.3. The second kappa shape index (κ2) is 7.81. The maximum Gasteiger partial charge on any atom is 0.214 e. The lowest BCUT2D eigenvalue weighted by Gasteiger charge is -2.24. The van der Waals surface area contributed by atoms with E-state index in [0.29, 0.717) is 34.0 Å². The molecular weight excluding hydrogens is 416 g/mol. The molecule has 0 bridgehead atoms. The minimum atomic E-state index is -1.43. The Balaban J connectivity index is 1.63. The number of aromatic amines is 2. The number of ketones is 4. The Morgan fingerprint density at radius 2 is 1.36 bits per heavy atom. The Kier molecular flexibility index (Phi) is 4.93. The first kappa shape index (κ1) is 20.8. The predicted octanol–water partition coefficient (Wildman–Crippen LogP) is 4.32. The number of hydrogen-bond acceptors (Lipinski definition) is 4. The lowest BCUT2D eigenvalue weighted by Crippen LogP contribution is -2.46. The van der Waals surface area contributed by atoms with E-state index in [1.165, 1.54) is 6.20 Å². The van der Waals surface area contributed by atoms with Gasteiger partial charge in [-0.25, -0.2) is 0 Å². The van der Waals surface area contributed by atoms with Crippen molar-refractivity contribution in [2.75, 3.05) is 0 Å². The van der Waals surface area contributed by atoms with Crippen LogP contribution in [0.3, 0.4) is 0 Å². The summed E-state index contributed by atoms with van der Waals surface area (Å²) in [6.45, 7) is 3.91. The van der Waals surface area contributed by atoms with Crippen molar-refractivity contribution in [2.24, 2.45) is 0 Å². The molecule has 164 valence electrons. The Bertz CT molecular complexity index is 1470. The molecule has 1 aliphatic carbocycles. The minimum Gasteiger partial charge on any atom is -0.361 e. The molecule has 5 rings (SSSR count). The number of hydrogen-bond donors (Lipinski definition) is 2. The third kappa shape index (κ3) is 3.26. The molecule has 2 aromatic heterocycles. The summed E-state index contributed by atoms with van der Waals surface area (Å²) in [5.41, 5.74) is 4.02. The van der Waals surface area contributed by atoms with Gasteiger partial charge in [0.25, 0.3) is 0 Å².